The maximum Gasteiger partial charge on any atom is 0.260 e. The number of nitrogens with zero attached hydrogens (tertiary/aromatic N) is 12. The summed E-state index contributed by atoms with van der Waals surface area (Å²) < 4.78 is 0. The molecule has 0 atom stereocenters. The van der Waals surface area contributed by atoms with Gasteiger partial charge in [0.2, 0.25) is 11.6 Å². The van der Waals surface area contributed by atoms with Gasteiger partial charge >= 0.3 is 0 Å². The zero-order valence-electron chi connectivity index (χ0n) is 9.00. The van der Waals surface area contributed by atoms with Crippen LogP contribution in [0.25, 0.3) is 23.0 Å². The molecule has 3 aromatic rings. The zero-order chi connectivity index (χ0) is 14.3. The second-order valence-corrected chi connectivity index (χ2v) is 3.15. The molecule has 0 fully saturated rings. The van der Waals surface area contributed by atoms with E-state index in [2.05, 4.69) is 41.2 Å². The van der Waals surface area contributed by atoms with Gasteiger partial charge in [-0.05, 0) is 20.9 Å². The van der Waals surface area contributed by atoms with Gasteiger partial charge in [-0.25, -0.2) is 0 Å². The van der Waals surface area contributed by atoms with E-state index in [0.29, 0.717) is 0 Å². The van der Waals surface area contributed by atoms with Crippen LogP contribution in [0, 0.1) is 20.5 Å². The van der Waals surface area contributed by atoms with Gasteiger partial charge in [-0.1, -0.05) is 0 Å². The van der Waals surface area contributed by atoms with Crippen molar-refractivity contribution in [1.29, 1.82) is 0 Å². The van der Waals surface area contributed by atoms with E-state index in [1.807, 2.05) is 0 Å². The Bertz CT molecular complexity index is 725. The minimum atomic E-state index is -0.995. The largest absolute Gasteiger partial charge is 0.788 e. The zero-order valence-corrected chi connectivity index (χ0v) is 9.00. The second kappa shape index (κ2) is 3.90. The topological polar surface area (TPSA) is 207 Å². The Morgan fingerprint density at radius 3 is 1.65 bits per heavy atom. The third-order valence-electron chi connectivity index (χ3n) is 2.06. The molecular formula is C4N12O4-2. The smallest absolute Gasteiger partial charge is 0.260 e. The Balaban J connectivity index is 2.26. The Hall–Kier alpha value is -3.72. The molecule has 0 aliphatic rings. The SMILES string of the molecule is O=[N+]([O-])n1nc(-c2nnnn2[O-])c(-c2nnnn2[O-])n1. The predicted molar refractivity (Wildman–Crippen MR) is 53.6 cm³/mol. The molecule has 0 amide bonds. The number of tetrazole rings is 2. The summed E-state index contributed by atoms with van der Waals surface area (Å²) in [7, 11) is 0. The van der Waals surface area contributed by atoms with E-state index >= 15 is 0 Å². The van der Waals surface area contributed by atoms with E-state index in [-0.39, 0.29) is 14.6 Å². The van der Waals surface area contributed by atoms with Crippen LogP contribution in [0.15, 0.2) is 0 Å². The highest BCUT2D eigenvalue weighted by Crippen LogP contribution is 2.24. The first kappa shape index (κ1) is 11.4. The van der Waals surface area contributed by atoms with E-state index in [4.69, 9.17) is 0 Å². The molecule has 0 aromatic carbocycles. The maximum atomic E-state index is 11.3. The Morgan fingerprint density at radius 1 is 0.900 bits per heavy atom. The van der Waals surface area contributed by atoms with Crippen molar-refractivity contribution in [1.82, 2.24) is 55.8 Å². The number of nitro groups is 1. The summed E-state index contributed by atoms with van der Waals surface area (Å²) in [6.45, 7) is 0. The van der Waals surface area contributed by atoms with Crippen molar-refractivity contribution < 1.29 is 5.03 Å². The molecule has 0 bridgehead atoms. The molecule has 0 unspecified atom stereocenters. The van der Waals surface area contributed by atoms with Crippen molar-refractivity contribution in [2.24, 2.45) is 0 Å². The van der Waals surface area contributed by atoms with Gasteiger partial charge in [-0.3, -0.25) is 9.69 Å². The van der Waals surface area contributed by atoms with Crippen LogP contribution in [0.2, 0.25) is 0 Å². The van der Waals surface area contributed by atoms with E-state index in [1.165, 1.54) is 0 Å². The average Bonchev–Trinajstić information content (AvgIpc) is 3.07. The summed E-state index contributed by atoms with van der Waals surface area (Å²) in [5.41, 5.74) is -0.817. The fourth-order valence-corrected chi connectivity index (χ4v) is 1.30. The van der Waals surface area contributed by atoms with E-state index in [1.54, 1.807) is 0 Å². The summed E-state index contributed by atoms with van der Waals surface area (Å²) in [5, 5.41) is 57.9. The fourth-order valence-electron chi connectivity index (χ4n) is 1.30. The number of rotatable bonds is 3. The molecule has 0 N–H and O–H groups in total. The minimum absolute atomic E-state index is 0.0357. The first-order valence-electron chi connectivity index (χ1n) is 4.62. The highest BCUT2D eigenvalue weighted by molar-refractivity contribution is 5.69. The summed E-state index contributed by atoms with van der Waals surface area (Å²) in [6, 6.07) is 0. The van der Waals surface area contributed by atoms with Gasteiger partial charge < -0.3 is 20.5 Å². The van der Waals surface area contributed by atoms with E-state index < -0.39 is 28.1 Å². The Labute approximate surface area is 105 Å². The van der Waals surface area contributed by atoms with Crippen LogP contribution in [0.4, 0.5) is 0 Å². The third kappa shape index (κ3) is 1.55. The lowest BCUT2D eigenvalue weighted by Gasteiger charge is -2.03. The number of hydrogen-bond acceptors (Lipinski definition) is 12. The van der Waals surface area contributed by atoms with Gasteiger partial charge in [-0.15, -0.1) is 10.2 Å². The van der Waals surface area contributed by atoms with Crippen molar-refractivity contribution in [3.05, 3.63) is 20.5 Å². The highest BCUT2D eigenvalue weighted by Gasteiger charge is 2.30. The van der Waals surface area contributed by atoms with Gasteiger partial charge in [0, 0.05) is 15.2 Å². The van der Waals surface area contributed by atoms with Gasteiger partial charge in [0.1, 0.15) is 4.91 Å². The van der Waals surface area contributed by atoms with Crippen LogP contribution in [0.3, 0.4) is 0 Å². The Morgan fingerprint density at radius 2 is 1.35 bits per heavy atom. The predicted octanol–water partition coefficient (Wildman–Crippen LogP) is -2.68. The molecule has 16 heteroatoms. The number of hydrogen-bond donors (Lipinski definition) is 0. The van der Waals surface area contributed by atoms with E-state index in [0.717, 1.165) is 0 Å². The first-order chi connectivity index (χ1) is 9.58. The molecule has 0 aliphatic heterocycles. The second-order valence-electron chi connectivity index (χ2n) is 3.15. The van der Waals surface area contributed by atoms with Gasteiger partial charge in [-0.2, -0.15) is 0 Å². The van der Waals surface area contributed by atoms with Crippen molar-refractivity contribution in [3.8, 4) is 23.0 Å². The van der Waals surface area contributed by atoms with Crippen molar-refractivity contribution in [2.45, 2.75) is 0 Å². The number of aromatic nitrogens is 11. The molecule has 3 aromatic heterocycles. The molecule has 102 valence electrons. The molecule has 0 saturated carbocycles. The fraction of sp³-hybridized carbons (Fsp3) is 0. The van der Waals surface area contributed by atoms with Crippen LogP contribution in [0.5, 0.6) is 0 Å². The van der Waals surface area contributed by atoms with Crippen molar-refractivity contribution in [3.63, 3.8) is 0 Å². The molecular weight excluding hydrogens is 280 g/mol. The first-order valence-corrected chi connectivity index (χ1v) is 4.62. The summed E-state index contributed by atoms with van der Waals surface area (Å²) in [4.78, 5) is 10.6. The Kier molecular flexibility index (Phi) is 2.22. The lowest BCUT2D eigenvalue weighted by atomic mass is 10.3. The molecule has 0 spiro atoms. The lowest BCUT2D eigenvalue weighted by molar-refractivity contribution is -0.563. The van der Waals surface area contributed by atoms with E-state index in [9.17, 15) is 20.5 Å². The quantitative estimate of drug-likeness (QED) is 0.355. The van der Waals surface area contributed by atoms with Gasteiger partial charge in [0.15, 0.2) is 0 Å². The average molecular weight is 280 g/mol. The van der Waals surface area contributed by atoms with Crippen LogP contribution in [0.1, 0.15) is 0 Å². The molecule has 3 rings (SSSR count). The van der Waals surface area contributed by atoms with Crippen molar-refractivity contribution >= 4 is 0 Å². The van der Waals surface area contributed by atoms with Gasteiger partial charge in [0.05, 0.1) is 0 Å². The maximum absolute atomic E-state index is 11.3. The molecule has 0 aliphatic carbocycles. The van der Waals surface area contributed by atoms with Crippen LogP contribution >= 0.6 is 0 Å². The molecule has 0 saturated heterocycles. The van der Waals surface area contributed by atoms with Crippen molar-refractivity contribution in [2.75, 3.05) is 0 Å². The third-order valence-corrected chi connectivity index (χ3v) is 2.06. The molecule has 3 heterocycles. The molecule has 0 radical (unpaired) electrons. The monoisotopic (exact) mass is 280 g/mol. The van der Waals surface area contributed by atoms with Crippen LogP contribution in [-0.4, -0.2) is 60.9 Å². The summed E-state index contributed by atoms with van der Waals surface area (Å²) in [6.07, 6.45) is 0. The molecule has 16 nitrogen and oxygen atoms in total. The van der Waals surface area contributed by atoms with Crippen LogP contribution < -0.4 is 0 Å². The molecule has 20 heavy (non-hydrogen) atoms. The standard InChI is InChI=1S/C4N12O4/c17-13-3(5-9-11-13)1-2(4-6-10-12-14(4)18)8-15(7-1)16(19)20/q-2. The van der Waals surface area contributed by atoms with Crippen LogP contribution in [-0.2, 0) is 0 Å². The summed E-state index contributed by atoms with van der Waals surface area (Å²) >= 11 is 0. The lowest BCUT2D eigenvalue weighted by Crippen LogP contribution is -2.12. The summed E-state index contributed by atoms with van der Waals surface area (Å²) in [5.74, 6) is -0.979. The normalized spacial score (nSPS) is 10.8. The highest BCUT2D eigenvalue weighted by atomic mass is 16.7. The minimum Gasteiger partial charge on any atom is -0.788 e. The van der Waals surface area contributed by atoms with Gasteiger partial charge in [0.25, 0.3) is 11.4 Å².